The van der Waals surface area contributed by atoms with Crippen molar-refractivity contribution < 1.29 is 14.4 Å². The number of hydrogen-bond acceptors (Lipinski definition) is 5. The fourth-order valence-corrected chi connectivity index (χ4v) is 2.19. The van der Waals surface area contributed by atoms with Crippen LogP contribution in [0.2, 0.25) is 0 Å². The third kappa shape index (κ3) is 5.03. The van der Waals surface area contributed by atoms with Gasteiger partial charge in [-0.1, -0.05) is 0 Å². The Hall–Kier alpha value is -1.11. The minimum Gasteiger partial charge on any atom is -0.352 e. The van der Waals surface area contributed by atoms with Crippen molar-refractivity contribution in [1.29, 1.82) is 0 Å². The minimum absolute atomic E-state index is 0.102. The highest BCUT2D eigenvalue weighted by Gasteiger charge is 2.09. The van der Waals surface area contributed by atoms with E-state index in [1.54, 1.807) is 23.9 Å². The van der Waals surface area contributed by atoms with E-state index in [0.29, 0.717) is 19.0 Å². The Labute approximate surface area is 111 Å². The van der Waals surface area contributed by atoms with Crippen molar-refractivity contribution in [2.75, 3.05) is 19.0 Å². The number of thioether (sulfide) groups is 1. The third-order valence-electron chi connectivity index (χ3n) is 2.14. The molecule has 18 heavy (non-hydrogen) atoms. The maximum atomic E-state index is 10.5. The van der Waals surface area contributed by atoms with Gasteiger partial charge in [0.05, 0.1) is 4.92 Å². The van der Waals surface area contributed by atoms with E-state index in [1.807, 2.05) is 13.8 Å². The first-order valence-corrected chi connectivity index (χ1v) is 6.76. The molecule has 6 heteroatoms. The van der Waals surface area contributed by atoms with Gasteiger partial charge < -0.3 is 9.47 Å². The SMILES string of the molecule is CCOC(CSc1ccc([N+](=O)[O-])cc1)OCC. The molecule has 1 aromatic carbocycles. The lowest BCUT2D eigenvalue weighted by molar-refractivity contribution is -0.384. The Kier molecular flexibility index (Phi) is 6.70. The second kappa shape index (κ2) is 8.07. The van der Waals surface area contributed by atoms with E-state index in [0.717, 1.165) is 4.90 Å². The maximum absolute atomic E-state index is 10.5. The highest BCUT2D eigenvalue weighted by atomic mass is 32.2. The molecule has 0 bridgehead atoms. The lowest BCUT2D eigenvalue weighted by Gasteiger charge is -2.16. The number of rotatable bonds is 8. The van der Waals surface area contributed by atoms with Crippen LogP contribution in [-0.2, 0) is 9.47 Å². The molecule has 100 valence electrons. The summed E-state index contributed by atoms with van der Waals surface area (Å²) in [4.78, 5) is 11.1. The number of hydrogen-bond donors (Lipinski definition) is 0. The average molecular weight is 271 g/mol. The molecule has 0 aliphatic heterocycles. The van der Waals surface area contributed by atoms with Crippen LogP contribution in [0.5, 0.6) is 0 Å². The fraction of sp³-hybridized carbons (Fsp3) is 0.500. The number of ether oxygens (including phenoxy) is 2. The summed E-state index contributed by atoms with van der Waals surface area (Å²) in [5.41, 5.74) is 0.102. The fourth-order valence-electron chi connectivity index (χ4n) is 1.34. The summed E-state index contributed by atoms with van der Waals surface area (Å²) in [6, 6.07) is 6.47. The zero-order valence-corrected chi connectivity index (χ0v) is 11.3. The second-order valence-corrected chi connectivity index (χ2v) is 4.50. The van der Waals surface area contributed by atoms with Gasteiger partial charge in [0.1, 0.15) is 0 Å². The normalized spacial score (nSPS) is 10.8. The van der Waals surface area contributed by atoms with Gasteiger partial charge in [-0.2, -0.15) is 0 Å². The van der Waals surface area contributed by atoms with Gasteiger partial charge in [0.25, 0.3) is 5.69 Å². The van der Waals surface area contributed by atoms with Crippen LogP contribution in [0, 0.1) is 10.1 Å². The zero-order chi connectivity index (χ0) is 13.4. The molecule has 5 nitrogen and oxygen atoms in total. The van der Waals surface area contributed by atoms with Gasteiger partial charge in [-0.15, -0.1) is 11.8 Å². The Morgan fingerprint density at radius 2 is 1.78 bits per heavy atom. The lowest BCUT2D eigenvalue weighted by atomic mass is 10.3. The molecule has 0 saturated carbocycles. The first kappa shape index (κ1) is 14.9. The summed E-state index contributed by atoms with van der Waals surface area (Å²) in [5.74, 6) is 0.666. The molecular weight excluding hydrogens is 254 g/mol. The molecule has 0 N–H and O–H groups in total. The Morgan fingerprint density at radius 3 is 2.22 bits per heavy atom. The molecule has 1 aromatic rings. The van der Waals surface area contributed by atoms with E-state index in [4.69, 9.17) is 9.47 Å². The Bertz CT molecular complexity index is 363. The van der Waals surface area contributed by atoms with E-state index < -0.39 is 4.92 Å². The van der Waals surface area contributed by atoms with Crippen molar-refractivity contribution in [2.24, 2.45) is 0 Å². The molecule has 0 saturated heterocycles. The molecular formula is C12H17NO4S. The van der Waals surface area contributed by atoms with Crippen LogP contribution >= 0.6 is 11.8 Å². The first-order valence-electron chi connectivity index (χ1n) is 5.77. The smallest absolute Gasteiger partial charge is 0.269 e. The van der Waals surface area contributed by atoms with Gasteiger partial charge in [0.15, 0.2) is 6.29 Å². The zero-order valence-electron chi connectivity index (χ0n) is 10.5. The molecule has 0 spiro atoms. The molecule has 0 atom stereocenters. The van der Waals surface area contributed by atoms with Crippen molar-refractivity contribution in [3.63, 3.8) is 0 Å². The highest BCUT2D eigenvalue weighted by Crippen LogP contribution is 2.22. The number of nitrogens with zero attached hydrogens (tertiary/aromatic N) is 1. The summed E-state index contributed by atoms with van der Waals surface area (Å²) in [6.45, 7) is 5.04. The molecule has 0 unspecified atom stereocenters. The van der Waals surface area contributed by atoms with E-state index in [1.165, 1.54) is 12.1 Å². The number of nitro groups is 1. The quantitative estimate of drug-likeness (QED) is 0.315. The minimum atomic E-state index is -0.405. The van der Waals surface area contributed by atoms with Crippen molar-refractivity contribution in [3.8, 4) is 0 Å². The molecule has 0 radical (unpaired) electrons. The van der Waals surface area contributed by atoms with E-state index >= 15 is 0 Å². The van der Waals surface area contributed by atoms with Gasteiger partial charge in [-0.25, -0.2) is 0 Å². The standard InChI is InChI=1S/C12H17NO4S/c1-3-16-12(17-4-2)9-18-11-7-5-10(6-8-11)13(14)15/h5-8,12H,3-4,9H2,1-2H3. The van der Waals surface area contributed by atoms with Crippen LogP contribution in [0.15, 0.2) is 29.2 Å². The number of benzene rings is 1. The van der Waals surface area contributed by atoms with Crippen LogP contribution in [-0.4, -0.2) is 30.2 Å². The van der Waals surface area contributed by atoms with Crippen molar-refractivity contribution in [1.82, 2.24) is 0 Å². The van der Waals surface area contributed by atoms with Crippen LogP contribution in [0.4, 0.5) is 5.69 Å². The molecule has 0 aliphatic carbocycles. The van der Waals surface area contributed by atoms with E-state index in [9.17, 15) is 10.1 Å². The molecule has 0 aliphatic rings. The lowest BCUT2D eigenvalue weighted by Crippen LogP contribution is -2.19. The molecule has 0 aromatic heterocycles. The topological polar surface area (TPSA) is 61.6 Å². The van der Waals surface area contributed by atoms with Crippen LogP contribution in [0.25, 0.3) is 0 Å². The van der Waals surface area contributed by atoms with Crippen molar-refractivity contribution >= 4 is 17.4 Å². The van der Waals surface area contributed by atoms with Gasteiger partial charge in [-0.05, 0) is 26.0 Å². The van der Waals surface area contributed by atoms with Gasteiger partial charge in [0, 0.05) is 36.0 Å². The highest BCUT2D eigenvalue weighted by molar-refractivity contribution is 7.99. The third-order valence-corrected chi connectivity index (χ3v) is 3.18. The van der Waals surface area contributed by atoms with Crippen LogP contribution in [0.3, 0.4) is 0 Å². The first-order chi connectivity index (χ1) is 8.67. The Balaban J connectivity index is 2.48. The summed E-state index contributed by atoms with van der Waals surface area (Å²) in [6.07, 6.45) is -0.236. The largest absolute Gasteiger partial charge is 0.352 e. The van der Waals surface area contributed by atoms with Gasteiger partial charge in [-0.3, -0.25) is 10.1 Å². The monoisotopic (exact) mass is 271 g/mol. The average Bonchev–Trinajstić information content (AvgIpc) is 2.37. The maximum Gasteiger partial charge on any atom is 0.269 e. The van der Waals surface area contributed by atoms with Gasteiger partial charge in [0.2, 0.25) is 0 Å². The van der Waals surface area contributed by atoms with E-state index in [2.05, 4.69) is 0 Å². The Morgan fingerprint density at radius 1 is 1.22 bits per heavy atom. The summed E-state index contributed by atoms with van der Waals surface area (Å²) in [7, 11) is 0. The molecule has 0 heterocycles. The molecule has 1 rings (SSSR count). The van der Waals surface area contributed by atoms with Crippen molar-refractivity contribution in [2.45, 2.75) is 25.0 Å². The van der Waals surface area contributed by atoms with E-state index in [-0.39, 0.29) is 12.0 Å². The van der Waals surface area contributed by atoms with Crippen LogP contribution in [0.1, 0.15) is 13.8 Å². The predicted octanol–water partition coefficient (Wildman–Crippen LogP) is 3.09. The predicted molar refractivity (Wildman–Crippen MR) is 70.9 cm³/mol. The van der Waals surface area contributed by atoms with Crippen LogP contribution < -0.4 is 0 Å². The summed E-state index contributed by atoms with van der Waals surface area (Å²) < 4.78 is 10.8. The number of nitro benzene ring substituents is 1. The summed E-state index contributed by atoms with van der Waals surface area (Å²) in [5, 5.41) is 10.5. The number of non-ortho nitro benzene ring substituents is 1. The second-order valence-electron chi connectivity index (χ2n) is 3.40. The van der Waals surface area contributed by atoms with Crippen molar-refractivity contribution in [3.05, 3.63) is 34.4 Å². The summed E-state index contributed by atoms with van der Waals surface area (Å²) >= 11 is 1.56. The van der Waals surface area contributed by atoms with Gasteiger partial charge >= 0.3 is 0 Å². The molecule has 0 fully saturated rings. The molecule has 0 amide bonds.